The molecule has 0 aliphatic rings. The van der Waals surface area contributed by atoms with Crippen LogP contribution in [0.15, 0.2) is 42.6 Å². The van der Waals surface area contributed by atoms with Gasteiger partial charge in [0.05, 0.1) is 14.2 Å². The molecule has 3 rings (SSSR count). The first kappa shape index (κ1) is 11.6. The van der Waals surface area contributed by atoms with E-state index in [2.05, 4.69) is 16.0 Å². The summed E-state index contributed by atoms with van der Waals surface area (Å²) in [5.74, 6) is 1.44. The molecule has 0 saturated carbocycles. The fourth-order valence-electron chi connectivity index (χ4n) is 2.12. The molecule has 96 valence electrons. The van der Waals surface area contributed by atoms with Crippen molar-refractivity contribution < 1.29 is 9.47 Å². The zero-order chi connectivity index (χ0) is 13.2. The van der Waals surface area contributed by atoms with Crippen LogP contribution in [0.2, 0.25) is 0 Å². The average molecular weight is 254 g/mol. The number of hydrogen-bond acceptors (Lipinski definition) is 3. The number of aromatic nitrogens is 2. The summed E-state index contributed by atoms with van der Waals surface area (Å²) in [6.45, 7) is 0. The molecule has 2 aromatic heterocycles. The molecule has 4 heteroatoms. The van der Waals surface area contributed by atoms with E-state index < -0.39 is 0 Å². The van der Waals surface area contributed by atoms with Gasteiger partial charge < -0.3 is 14.5 Å². The minimum atomic E-state index is 0.714. The molecule has 0 bridgehead atoms. The average Bonchev–Trinajstić information content (AvgIpc) is 2.90. The lowest BCUT2D eigenvalue weighted by Crippen LogP contribution is -1.90. The Bertz CT molecular complexity index is 686. The Balaban J connectivity index is 2.10. The van der Waals surface area contributed by atoms with Gasteiger partial charge in [-0.2, -0.15) is 0 Å². The number of nitrogens with zero attached hydrogens (tertiary/aromatic N) is 1. The second kappa shape index (κ2) is 4.65. The Morgan fingerprint density at radius 3 is 2.58 bits per heavy atom. The maximum absolute atomic E-state index is 5.32. The van der Waals surface area contributed by atoms with Crippen molar-refractivity contribution in [2.45, 2.75) is 0 Å². The van der Waals surface area contributed by atoms with Crippen molar-refractivity contribution in [1.29, 1.82) is 0 Å². The molecular formula is C15H14N2O2. The molecular weight excluding hydrogens is 240 g/mol. The highest BCUT2D eigenvalue weighted by molar-refractivity contribution is 5.83. The van der Waals surface area contributed by atoms with Crippen LogP contribution in [0.3, 0.4) is 0 Å². The maximum atomic E-state index is 5.32. The SMILES string of the molecule is COc1ccc(-c2cc3cccnc3[nH]2)cc1OC. The third kappa shape index (κ3) is 2.01. The molecule has 4 nitrogen and oxygen atoms in total. The van der Waals surface area contributed by atoms with E-state index in [1.54, 1.807) is 20.4 Å². The summed E-state index contributed by atoms with van der Waals surface area (Å²) in [4.78, 5) is 7.59. The van der Waals surface area contributed by atoms with E-state index in [1.165, 1.54) is 0 Å². The van der Waals surface area contributed by atoms with Gasteiger partial charge in [-0.1, -0.05) is 0 Å². The smallest absolute Gasteiger partial charge is 0.161 e. The van der Waals surface area contributed by atoms with Crippen LogP contribution in [0.4, 0.5) is 0 Å². The van der Waals surface area contributed by atoms with Crippen LogP contribution >= 0.6 is 0 Å². The van der Waals surface area contributed by atoms with Crippen LogP contribution in [0.25, 0.3) is 22.3 Å². The number of hydrogen-bond donors (Lipinski definition) is 1. The molecule has 0 aliphatic carbocycles. The Labute approximate surface area is 111 Å². The number of nitrogens with one attached hydrogen (secondary N) is 1. The zero-order valence-corrected chi connectivity index (χ0v) is 10.8. The summed E-state index contributed by atoms with van der Waals surface area (Å²) in [5.41, 5.74) is 2.93. The van der Waals surface area contributed by atoms with Crippen molar-refractivity contribution in [2.24, 2.45) is 0 Å². The molecule has 19 heavy (non-hydrogen) atoms. The molecule has 0 fully saturated rings. The third-order valence-corrected chi connectivity index (χ3v) is 3.09. The van der Waals surface area contributed by atoms with Crippen LogP contribution in [0.1, 0.15) is 0 Å². The first-order chi connectivity index (χ1) is 9.31. The van der Waals surface area contributed by atoms with Gasteiger partial charge in [0.1, 0.15) is 5.65 Å². The second-order valence-corrected chi connectivity index (χ2v) is 4.19. The van der Waals surface area contributed by atoms with Gasteiger partial charge in [-0.05, 0) is 36.4 Å². The second-order valence-electron chi connectivity index (χ2n) is 4.19. The standard InChI is InChI=1S/C15H14N2O2/c1-18-13-6-5-10(9-14(13)19-2)12-8-11-4-3-7-16-15(11)17-12/h3-9H,1-2H3,(H,16,17). The van der Waals surface area contributed by atoms with Gasteiger partial charge in [-0.15, -0.1) is 0 Å². The van der Waals surface area contributed by atoms with Crippen LogP contribution < -0.4 is 9.47 Å². The molecule has 0 unspecified atom stereocenters. The van der Waals surface area contributed by atoms with Gasteiger partial charge in [0, 0.05) is 22.8 Å². The summed E-state index contributed by atoms with van der Waals surface area (Å²) in [6, 6.07) is 11.9. The Kier molecular flexibility index (Phi) is 2.83. The van der Waals surface area contributed by atoms with Gasteiger partial charge in [0.25, 0.3) is 0 Å². The monoisotopic (exact) mass is 254 g/mol. The maximum Gasteiger partial charge on any atom is 0.161 e. The van der Waals surface area contributed by atoms with Gasteiger partial charge >= 0.3 is 0 Å². The number of aromatic amines is 1. The molecule has 0 aliphatic heterocycles. The molecule has 1 N–H and O–H groups in total. The van der Waals surface area contributed by atoms with Crippen molar-refractivity contribution in [2.75, 3.05) is 14.2 Å². The van der Waals surface area contributed by atoms with Crippen LogP contribution in [0, 0.1) is 0 Å². The van der Waals surface area contributed by atoms with Crippen molar-refractivity contribution in [3.8, 4) is 22.8 Å². The van der Waals surface area contributed by atoms with E-state index in [9.17, 15) is 0 Å². The molecule has 0 atom stereocenters. The van der Waals surface area contributed by atoms with Crippen LogP contribution in [-0.4, -0.2) is 24.2 Å². The van der Waals surface area contributed by atoms with E-state index in [-0.39, 0.29) is 0 Å². The van der Waals surface area contributed by atoms with E-state index in [0.29, 0.717) is 5.75 Å². The first-order valence-electron chi connectivity index (χ1n) is 5.98. The number of H-pyrrole nitrogens is 1. The molecule has 0 amide bonds. The highest BCUT2D eigenvalue weighted by Crippen LogP contribution is 2.32. The zero-order valence-electron chi connectivity index (χ0n) is 10.8. The van der Waals surface area contributed by atoms with Crippen LogP contribution in [-0.2, 0) is 0 Å². The summed E-state index contributed by atoms with van der Waals surface area (Å²) >= 11 is 0. The molecule has 2 heterocycles. The lowest BCUT2D eigenvalue weighted by atomic mass is 10.1. The Morgan fingerprint density at radius 1 is 1.00 bits per heavy atom. The van der Waals surface area contributed by atoms with Crippen molar-refractivity contribution >= 4 is 11.0 Å². The Morgan fingerprint density at radius 2 is 1.84 bits per heavy atom. The number of ether oxygens (including phenoxy) is 2. The van der Waals surface area contributed by atoms with Gasteiger partial charge in [-0.3, -0.25) is 0 Å². The summed E-state index contributed by atoms with van der Waals surface area (Å²) in [5, 5.41) is 1.09. The largest absolute Gasteiger partial charge is 0.493 e. The predicted octanol–water partition coefficient (Wildman–Crippen LogP) is 3.25. The molecule has 3 aromatic rings. The van der Waals surface area contributed by atoms with E-state index in [1.807, 2.05) is 30.3 Å². The topological polar surface area (TPSA) is 47.1 Å². The number of pyridine rings is 1. The fourth-order valence-corrected chi connectivity index (χ4v) is 2.12. The Hall–Kier alpha value is -2.49. The number of benzene rings is 1. The molecule has 0 spiro atoms. The lowest BCUT2D eigenvalue weighted by Gasteiger charge is -2.08. The highest BCUT2D eigenvalue weighted by Gasteiger charge is 2.08. The van der Waals surface area contributed by atoms with Crippen molar-refractivity contribution in [3.05, 3.63) is 42.6 Å². The van der Waals surface area contributed by atoms with E-state index in [4.69, 9.17) is 9.47 Å². The number of fused-ring (bicyclic) bond motifs is 1. The fraction of sp³-hybridized carbons (Fsp3) is 0.133. The van der Waals surface area contributed by atoms with Gasteiger partial charge in [0.2, 0.25) is 0 Å². The minimum Gasteiger partial charge on any atom is -0.493 e. The summed E-state index contributed by atoms with van der Waals surface area (Å²) in [6.07, 6.45) is 1.78. The van der Waals surface area contributed by atoms with Crippen LogP contribution in [0.5, 0.6) is 11.5 Å². The van der Waals surface area contributed by atoms with E-state index in [0.717, 1.165) is 28.0 Å². The quantitative estimate of drug-likeness (QED) is 0.780. The van der Waals surface area contributed by atoms with Crippen molar-refractivity contribution in [1.82, 2.24) is 9.97 Å². The van der Waals surface area contributed by atoms with Gasteiger partial charge in [0.15, 0.2) is 11.5 Å². The van der Waals surface area contributed by atoms with E-state index >= 15 is 0 Å². The molecule has 1 aromatic carbocycles. The highest BCUT2D eigenvalue weighted by atomic mass is 16.5. The van der Waals surface area contributed by atoms with Gasteiger partial charge in [-0.25, -0.2) is 4.98 Å². The number of methoxy groups -OCH3 is 2. The third-order valence-electron chi connectivity index (χ3n) is 3.09. The first-order valence-corrected chi connectivity index (χ1v) is 5.98. The predicted molar refractivity (Wildman–Crippen MR) is 74.6 cm³/mol. The number of rotatable bonds is 3. The lowest BCUT2D eigenvalue weighted by molar-refractivity contribution is 0.355. The normalized spacial score (nSPS) is 10.6. The summed E-state index contributed by atoms with van der Waals surface area (Å²) < 4.78 is 10.6. The molecule has 0 radical (unpaired) electrons. The van der Waals surface area contributed by atoms with Crippen molar-refractivity contribution in [3.63, 3.8) is 0 Å². The minimum absolute atomic E-state index is 0.714. The molecule has 0 saturated heterocycles. The summed E-state index contributed by atoms with van der Waals surface area (Å²) in [7, 11) is 3.26.